The Labute approximate surface area is 324 Å². The Kier molecular flexibility index (Phi) is 7.64. The quantitative estimate of drug-likeness (QED) is 0.180. The predicted molar refractivity (Wildman–Crippen MR) is 232 cm³/mol. The lowest BCUT2D eigenvalue weighted by Gasteiger charge is -2.32. The molecule has 2 unspecified atom stereocenters. The van der Waals surface area contributed by atoms with Crippen molar-refractivity contribution in [2.45, 2.75) is 12.3 Å². The van der Waals surface area contributed by atoms with Gasteiger partial charge in [0.25, 0.3) is 0 Å². The third kappa shape index (κ3) is 5.40. The van der Waals surface area contributed by atoms with Crippen molar-refractivity contribution < 1.29 is 0 Å². The lowest BCUT2D eigenvalue weighted by Crippen LogP contribution is -2.44. The van der Waals surface area contributed by atoms with Gasteiger partial charge in [-0.1, -0.05) is 152 Å². The number of aromatic nitrogens is 2. The second-order valence-corrected chi connectivity index (χ2v) is 14.5. The molecule has 3 heterocycles. The second kappa shape index (κ2) is 13.3. The Hall–Kier alpha value is -7.21. The van der Waals surface area contributed by atoms with Crippen molar-refractivity contribution in [1.82, 2.24) is 19.8 Å². The molecule has 0 amide bonds. The zero-order valence-electron chi connectivity index (χ0n) is 30.5. The number of nitrogens with one attached hydrogen (secondary N) is 2. The second-order valence-electron chi connectivity index (χ2n) is 14.5. The summed E-state index contributed by atoms with van der Waals surface area (Å²) in [6.45, 7) is 0. The molecule has 10 aromatic rings. The minimum Gasteiger partial charge on any atom is -0.350 e. The van der Waals surface area contributed by atoms with Gasteiger partial charge in [-0.25, -0.2) is 4.99 Å². The number of rotatable bonds is 6. The van der Waals surface area contributed by atoms with Crippen LogP contribution in [0.3, 0.4) is 0 Å². The van der Waals surface area contributed by atoms with Crippen LogP contribution in [0.25, 0.3) is 66.1 Å². The van der Waals surface area contributed by atoms with E-state index in [1.807, 2.05) is 6.07 Å². The maximum Gasteiger partial charge on any atom is 0.131 e. The van der Waals surface area contributed by atoms with Gasteiger partial charge < -0.3 is 14.5 Å². The van der Waals surface area contributed by atoms with Crippen LogP contribution in [0.1, 0.15) is 29.0 Å². The number of amidine groups is 1. The van der Waals surface area contributed by atoms with E-state index in [-0.39, 0.29) is 12.3 Å². The predicted octanol–water partition coefficient (Wildman–Crippen LogP) is 11.9. The van der Waals surface area contributed by atoms with Crippen LogP contribution in [0.2, 0.25) is 0 Å². The normalized spacial score (nSPS) is 15.7. The fourth-order valence-electron chi connectivity index (χ4n) is 8.58. The van der Waals surface area contributed by atoms with Crippen molar-refractivity contribution in [3.05, 3.63) is 217 Å². The van der Waals surface area contributed by atoms with E-state index < -0.39 is 0 Å². The summed E-state index contributed by atoms with van der Waals surface area (Å²) in [5.74, 6) is 0.873. The Morgan fingerprint density at radius 3 is 1.55 bits per heavy atom. The highest BCUT2D eigenvalue weighted by molar-refractivity contribution is 6.11. The molecule has 2 atom stereocenters. The van der Waals surface area contributed by atoms with Crippen LogP contribution in [-0.2, 0) is 0 Å². The van der Waals surface area contributed by atoms with Crippen molar-refractivity contribution >= 4 is 49.4 Å². The van der Waals surface area contributed by atoms with E-state index in [1.54, 1.807) is 0 Å². The molecule has 11 rings (SSSR count). The number of benzene rings is 8. The molecule has 1 aliphatic rings. The standard InChI is InChI=1S/C51H37N5/c1-3-15-34(16-4-1)49-52-50(35-17-5-2-6-18-35)54-51(53-49)38-20-14-22-40(32-38)56-47-28-12-9-25-43(47)44-30-29-37(33-48(44)56)36-19-13-21-39(31-36)55-45-26-10-7-23-41(45)42-24-8-11-27-46(42)55/h1-33,49,51,53H,(H,52,54). The molecule has 266 valence electrons. The third-order valence-corrected chi connectivity index (χ3v) is 11.2. The number of para-hydroxylation sites is 3. The van der Waals surface area contributed by atoms with Gasteiger partial charge in [0.1, 0.15) is 18.2 Å². The van der Waals surface area contributed by atoms with Gasteiger partial charge in [-0.05, 0) is 70.8 Å². The minimum absolute atomic E-state index is 0.105. The maximum absolute atomic E-state index is 5.25. The number of nitrogens with zero attached hydrogens (tertiary/aromatic N) is 3. The Balaban J connectivity index is 1.03. The Morgan fingerprint density at radius 2 is 0.875 bits per heavy atom. The summed E-state index contributed by atoms with van der Waals surface area (Å²) in [5.41, 5.74) is 12.7. The molecule has 0 radical (unpaired) electrons. The van der Waals surface area contributed by atoms with Gasteiger partial charge >= 0.3 is 0 Å². The molecule has 0 saturated carbocycles. The fourth-order valence-corrected chi connectivity index (χ4v) is 8.58. The third-order valence-electron chi connectivity index (χ3n) is 11.2. The molecular weight excluding hydrogens is 683 g/mol. The molecule has 2 aromatic heterocycles. The van der Waals surface area contributed by atoms with Crippen LogP contribution in [0.4, 0.5) is 0 Å². The summed E-state index contributed by atoms with van der Waals surface area (Å²) in [5, 5.41) is 12.4. The van der Waals surface area contributed by atoms with Crippen LogP contribution < -0.4 is 10.6 Å². The SMILES string of the molecule is c1ccc(C2=NC(c3cccc(-n4c5ccccc5c5ccc(-c6cccc(-n7c8ccccc8c8ccccc87)c6)cc54)c3)NC(c3ccccc3)N2)cc1. The summed E-state index contributed by atoms with van der Waals surface area (Å²) in [6, 6.07) is 71.7. The molecule has 8 aromatic carbocycles. The maximum atomic E-state index is 5.25. The highest BCUT2D eigenvalue weighted by Gasteiger charge is 2.26. The molecule has 0 spiro atoms. The van der Waals surface area contributed by atoms with Crippen molar-refractivity contribution in [3.63, 3.8) is 0 Å². The number of aliphatic imine (C=N–C) groups is 1. The van der Waals surface area contributed by atoms with Gasteiger partial charge in [0, 0.05) is 38.5 Å². The first kappa shape index (κ1) is 32.2. The summed E-state index contributed by atoms with van der Waals surface area (Å²) in [6.07, 6.45) is -0.365. The first-order valence-electron chi connectivity index (χ1n) is 19.2. The lowest BCUT2D eigenvalue weighted by atomic mass is 10.0. The van der Waals surface area contributed by atoms with E-state index in [1.165, 1.54) is 49.2 Å². The van der Waals surface area contributed by atoms with E-state index in [2.05, 4.69) is 214 Å². The average molecular weight is 720 g/mol. The van der Waals surface area contributed by atoms with E-state index >= 15 is 0 Å². The zero-order chi connectivity index (χ0) is 37.0. The van der Waals surface area contributed by atoms with Gasteiger partial charge in [-0.3, -0.25) is 5.32 Å². The van der Waals surface area contributed by atoms with Crippen LogP contribution >= 0.6 is 0 Å². The largest absolute Gasteiger partial charge is 0.350 e. The zero-order valence-corrected chi connectivity index (χ0v) is 30.5. The Bertz CT molecular complexity index is 3050. The van der Waals surface area contributed by atoms with Crippen molar-refractivity contribution in [2.24, 2.45) is 4.99 Å². The van der Waals surface area contributed by atoms with Crippen LogP contribution in [0.5, 0.6) is 0 Å². The van der Waals surface area contributed by atoms with Crippen LogP contribution in [0.15, 0.2) is 205 Å². The Morgan fingerprint density at radius 1 is 0.375 bits per heavy atom. The topological polar surface area (TPSA) is 46.3 Å². The smallest absolute Gasteiger partial charge is 0.131 e. The summed E-state index contributed by atoms with van der Waals surface area (Å²) in [4.78, 5) is 5.25. The number of fused-ring (bicyclic) bond motifs is 6. The van der Waals surface area contributed by atoms with Gasteiger partial charge in [0.05, 0.1) is 22.1 Å². The highest BCUT2D eigenvalue weighted by atomic mass is 15.3. The number of hydrogen-bond acceptors (Lipinski definition) is 3. The van der Waals surface area contributed by atoms with E-state index in [0.717, 1.165) is 39.4 Å². The minimum atomic E-state index is -0.260. The van der Waals surface area contributed by atoms with Gasteiger partial charge in [-0.15, -0.1) is 0 Å². The molecular formula is C51H37N5. The lowest BCUT2D eigenvalue weighted by molar-refractivity contribution is 0.409. The average Bonchev–Trinajstić information content (AvgIpc) is 3.80. The molecule has 56 heavy (non-hydrogen) atoms. The molecule has 5 heteroatoms. The number of hydrogen-bond donors (Lipinski definition) is 2. The molecule has 0 bridgehead atoms. The molecule has 0 fully saturated rings. The van der Waals surface area contributed by atoms with Gasteiger partial charge in [0.2, 0.25) is 0 Å². The monoisotopic (exact) mass is 719 g/mol. The van der Waals surface area contributed by atoms with Crippen molar-refractivity contribution in [3.8, 4) is 22.5 Å². The molecule has 1 aliphatic heterocycles. The van der Waals surface area contributed by atoms with Crippen molar-refractivity contribution in [1.29, 1.82) is 0 Å². The molecule has 2 N–H and O–H groups in total. The van der Waals surface area contributed by atoms with Gasteiger partial charge in [-0.2, -0.15) is 0 Å². The summed E-state index contributed by atoms with van der Waals surface area (Å²) >= 11 is 0. The van der Waals surface area contributed by atoms with Crippen LogP contribution in [0, 0.1) is 0 Å². The molecule has 5 nitrogen and oxygen atoms in total. The summed E-state index contributed by atoms with van der Waals surface area (Å²) < 4.78 is 4.80. The first-order valence-corrected chi connectivity index (χ1v) is 19.2. The molecule has 0 saturated heterocycles. The molecule has 0 aliphatic carbocycles. The summed E-state index contributed by atoms with van der Waals surface area (Å²) in [7, 11) is 0. The first-order chi connectivity index (χ1) is 27.8. The fraction of sp³-hybridized carbons (Fsp3) is 0.0392. The van der Waals surface area contributed by atoms with E-state index in [9.17, 15) is 0 Å². The van der Waals surface area contributed by atoms with Crippen LogP contribution in [-0.4, -0.2) is 15.0 Å². The highest BCUT2D eigenvalue weighted by Crippen LogP contribution is 2.37. The van der Waals surface area contributed by atoms with Crippen molar-refractivity contribution in [2.75, 3.05) is 0 Å². The van der Waals surface area contributed by atoms with E-state index in [4.69, 9.17) is 4.99 Å². The van der Waals surface area contributed by atoms with Gasteiger partial charge in [0.15, 0.2) is 0 Å². The van der Waals surface area contributed by atoms with E-state index in [0.29, 0.717) is 0 Å².